The number of fused-ring (bicyclic) bond motifs is 6. The molecule has 0 spiro atoms. The monoisotopic (exact) mass is 527 g/mol. The molecule has 1 saturated heterocycles. The summed E-state index contributed by atoms with van der Waals surface area (Å²) in [7, 11) is -3.61. The van der Waals surface area contributed by atoms with E-state index >= 15 is 0 Å². The fourth-order valence-corrected chi connectivity index (χ4v) is 7.87. The number of para-hydroxylation sites is 1. The summed E-state index contributed by atoms with van der Waals surface area (Å²) in [6.45, 7) is 4.16. The molecule has 0 saturated carbocycles. The molecule has 4 unspecified atom stereocenters. The largest absolute Gasteiger partial charge is 0.378 e. The topological polar surface area (TPSA) is 72.4 Å². The summed E-state index contributed by atoms with van der Waals surface area (Å²) in [6.07, 6.45) is 7.32. The molecule has 4 aromatic rings. The average Bonchev–Trinajstić information content (AvgIpc) is 3.70. The minimum Gasteiger partial charge on any atom is -0.378 e. The maximum atomic E-state index is 13.1. The van der Waals surface area contributed by atoms with Crippen LogP contribution in [0.25, 0.3) is 21.8 Å². The Bertz CT molecular complexity index is 1670. The van der Waals surface area contributed by atoms with Gasteiger partial charge in [0.2, 0.25) is 10.0 Å². The molecule has 2 aliphatic heterocycles. The van der Waals surface area contributed by atoms with E-state index < -0.39 is 10.0 Å². The van der Waals surface area contributed by atoms with Crippen LogP contribution in [-0.4, -0.2) is 32.2 Å². The average molecular weight is 528 g/mol. The molecule has 3 aromatic carbocycles. The summed E-state index contributed by atoms with van der Waals surface area (Å²) < 4.78 is 36.9. The van der Waals surface area contributed by atoms with Gasteiger partial charge in [-0.25, -0.2) is 13.1 Å². The van der Waals surface area contributed by atoms with Crippen molar-refractivity contribution in [2.75, 3.05) is 18.5 Å². The molecule has 7 rings (SSSR count). The summed E-state index contributed by atoms with van der Waals surface area (Å²) in [4.78, 5) is 0.322. The summed E-state index contributed by atoms with van der Waals surface area (Å²) in [5.41, 5.74) is 5.88. The Morgan fingerprint density at radius 3 is 2.76 bits per heavy atom. The number of sulfonamides is 1. The van der Waals surface area contributed by atoms with Crippen molar-refractivity contribution in [3.8, 4) is 0 Å². The van der Waals surface area contributed by atoms with Crippen molar-refractivity contribution in [3.05, 3.63) is 83.9 Å². The first kappa shape index (κ1) is 23.9. The van der Waals surface area contributed by atoms with Gasteiger partial charge in [-0.1, -0.05) is 36.4 Å². The van der Waals surface area contributed by atoms with Gasteiger partial charge in [-0.05, 0) is 79.6 Å². The van der Waals surface area contributed by atoms with E-state index in [1.807, 2.05) is 12.1 Å². The van der Waals surface area contributed by atoms with Gasteiger partial charge in [0.05, 0.1) is 17.0 Å². The maximum absolute atomic E-state index is 13.1. The molecule has 1 aromatic heterocycles. The number of allylic oxidation sites excluding steroid dienone is 2. The lowest BCUT2D eigenvalue weighted by Gasteiger charge is -2.37. The first-order valence-electron chi connectivity index (χ1n) is 13.7. The molecule has 4 atom stereocenters. The van der Waals surface area contributed by atoms with Crippen molar-refractivity contribution in [2.45, 2.75) is 55.7 Å². The van der Waals surface area contributed by atoms with E-state index in [9.17, 15) is 8.42 Å². The van der Waals surface area contributed by atoms with E-state index in [4.69, 9.17) is 4.74 Å². The lowest BCUT2D eigenvalue weighted by atomic mass is 9.77. The van der Waals surface area contributed by atoms with Gasteiger partial charge >= 0.3 is 0 Å². The second-order valence-electron chi connectivity index (χ2n) is 10.7. The highest BCUT2D eigenvalue weighted by Crippen LogP contribution is 2.50. The Morgan fingerprint density at radius 1 is 1.05 bits per heavy atom. The maximum Gasteiger partial charge on any atom is 0.240 e. The fraction of sp³-hybridized carbons (Fsp3) is 0.355. The standard InChI is InChI=1S/C31H33N3O3S/c1-2-34-29-11-4-3-8-24(29)27-17-20(12-15-30(27)34)31-25-10-5-9-23(25)26-18-22(13-14-28(26)33-31)38(35,36)32-19-21-7-6-16-37-21/h3-5,8-9,11-15,17-18,21,23,25,31-33H,2,6-7,10,16,19H2,1H3. The highest BCUT2D eigenvalue weighted by atomic mass is 32.2. The summed E-state index contributed by atoms with van der Waals surface area (Å²) in [5, 5.41) is 6.36. The number of rotatable bonds is 6. The fourth-order valence-electron chi connectivity index (χ4n) is 6.77. The number of hydrogen-bond donors (Lipinski definition) is 2. The molecule has 3 aliphatic rings. The smallest absolute Gasteiger partial charge is 0.240 e. The zero-order valence-corrected chi connectivity index (χ0v) is 22.4. The SMILES string of the molecule is CCn1c2ccccc2c2cc(C3Nc4ccc(S(=O)(=O)NCC5CCCO5)cc4C4C=CCC43)ccc21. The van der Waals surface area contributed by atoms with Crippen molar-refractivity contribution in [2.24, 2.45) is 5.92 Å². The van der Waals surface area contributed by atoms with Crippen LogP contribution in [0.3, 0.4) is 0 Å². The Balaban J connectivity index is 1.23. The van der Waals surface area contributed by atoms with Gasteiger partial charge < -0.3 is 14.6 Å². The zero-order valence-electron chi connectivity index (χ0n) is 21.6. The second kappa shape index (κ2) is 9.26. The minimum absolute atomic E-state index is 0.0318. The Morgan fingerprint density at radius 2 is 1.92 bits per heavy atom. The minimum atomic E-state index is -3.61. The highest BCUT2D eigenvalue weighted by molar-refractivity contribution is 7.89. The number of hydrogen-bond acceptors (Lipinski definition) is 4. The Labute approximate surface area is 223 Å². The summed E-state index contributed by atoms with van der Waals surface area (Å²) in [5.74, 6) is 0.509. The first-order chi connectivity index (χ1) is 18.5. The zero-order chi connectivity index (χ0) is 25.9. The van der Waals surface area contributed by atoms with E-state index in [1.54, 1.807) is 6.07 Å². The number of anilines is 1. The number of aromatic nitrogens is 1. The Kier molecular flexibility index (Phi) is 5.83. The van der Waals surface area contributed by atoms with Crippen molar-refractivity contribution >= 4 is 37.5 Å². The van der Waals surface area contributed by atoms with Crippen LogP contribution in [-0.2, 0) is 21.3 Å². The Hall–Kier alpha value is -3.13. The molecule has 196 valence electrons. The summed E-state index contributed by atoms with van der Waals surface area (Å²) >= 11 is 0. The predicted octanol–water partition coefficient (Wildman–Crippen LogP) is 6.10. The van der Waals surface area contributed by atoms with Crippen molar-refractivity contribution in [1.29, 1.82) is 0 Å². The molecule has 7 heteroatoms. The van der Waals surface area contributed by atoms with Crippen molar-refractivity contribution in [1.82, 2.24) is 9.29 Å². The molecule has 3 heterocycles. The number of benzene rings is 3. The molecule has 0 amide bonds. The number of aryl methyl sites for hydroxylation is 1. The molecule has 2 N–H and O–H groups in total. The number of nitrogens with zero attached hydrogens (tertiary/aromatic N) is 1. The van der Waals surface area contributed by atoms with Crippen LogP contribution >= 0.6 is 0 Å². The molecule has 1 aliphatic carbocycles. The third-order valence-corrected chi connectivity index (χ3v) is 10.1. The molecule has 1 fully saturated rings. The van der Waals surface area contributed by atoms with Crippen LogP contribution in [0.15, 0.2) is 77.7 Å². The highest BCUT2D eigenvalue weighted by Gasteiger charge is 2.38. The van der Waals surface area contributed by atoms with Gasteiger partial charge in [0, 0.05) is 53.1 Å². The van der Waals surface area contributed by atoms with E-state index in [0.717, 1.165) is 37.1 Å². The van der Waals surface area contributed by atoms with Crippen LogP contribution in [0.4, 0.5) is 5.69 Å². The lowest BCUT2D eigenvalue weighted by molar-refractivity contribution is 0.114. The normalized spacial score (nSPS) is 24.6. The van der Waals surface area contributed by atoms with E-state index in [-0.39, 0.29) is 18.1 Å². The van der Waals surface area contributed by atoms with E-state index in [0.29, 0.717) is 24.0 Å². The van der Waals surface area contributed by atoms with Gasteiger partial charge in [0.15, 0.2) is 0 Å². The van der Waals surface area contributed by atoms with Gasteiger partial charge in [-0.15, -0.1) is 0 Å². The summed E-state index contributed by atoms with van der Waals surface area (Å²) in [6, 6.07) is 21.2. The van der Waals surface area contributed by atoms with Crippen LogP contribution in [0, 0.1) is 5.92 Å². The van der Waals surface area contributed by atoms with Crippen molar-refractivity contribution in [3.63, 3.8) is 0 Å². The second-order valence-corrected chi connectivity index (χ2v) is 12.5. The van der Waals surface area contributed by atoms with Gasteiger partial charge in [-0.2, -0.15) is 0 Å². The van der Waals surface area contributed by atoms with Crippen LogP contribution in [0.1, 0.15) is 49.3 Å². The first-order valence-corrected chi connectivity index (χ1v) is 15.2. The van der Waals surface area contributed by atoms with Gasteiger partial charge in [0.25, 0.3) is 0 Å². The van der Waals surface area contributed by atoms with Crippen LogP contribution < -0.4 is 10.0 Å². The molecule has 6 nitrogen and oxygen atoms in total. The quantitative estimate of drug-likeness (QED) is 0.297. The molecular weight excluding hydrogens is 494 g/mol. The van der Waals surface area contributed by atoms with Crippen molar-refractivity contribution < 1.29 is 13.2 Å². The van der Waals surface area contributed by atoms with Gasteiger partial charge in [-0.3, -0.25) is 0 Å². The number of ether oxygens (including phenoxy) is 1. The van der Waals surface area contributed by atoms with Gasteiger partial charge in [0.1, 0.15) is 0 Å². The van der Waals surface area contributed by atoms with Crippen LogP contribution in [0.5, 0.6) is 0 Å². The lowest BCUT2D eigenvalue weighted by Crippen LogP contribution is -2.32. The van der Waals surface area contributed by atoms with Crippen LogP contribution in [0.2, 0.25) is 0 Å². The molecule has 0 radical (unpaired) electrons. The molecule has 38 heavy (non-hydrogen) atoms. The third-order valence-electron chi connectivity index (χ3n) is 8.64. The van der Waals surface area contributed by atoms with E-state index in [2.05, 4.69) is 76.1 Å². The predicted molar refractivity (Wildman–Crippen MR) is 152 cm³/mol. The number of nitrogens with one attached hydrogen (secondary N) is 2. The molecule has 0 bridgehead atoms. The third kappa shape index (κ3) is 3.87. The van der Waals surface area contributed by atoms with E-state index in [1.165, 1.54) is 27.4 Å². The molecular formula is C31H33N3O3S.